The molecule has 0 amide bonds. The molecule has 0 aromatic rings. The van der Waals surface area contributed by atoms with Crippen LogP contribution in [0.1, 0.15) is 52.4 Å². The number of Topliss-reactive ketones (excluding diaryl/α,β-unsaturated/α-hetero) is 1. The highest BCUT2D eigenvalue weighted by atomic mass is 16.1. The molecule has 64 valence electrons. The molecule has 1 unspecified atom stereocenters. The van der Waals surface area contributed by atoms with E-state index < -0.39 is 0 Å². The molecule has 1 aliphatic carbocycles. The molecule has 1 rings (SSSR count). The Morgan fingerprint density at radius 3 is 2.82 bits per heavy atom. The smallest absolute Gasteiger partial charge is 0.133 e. The number of carbonyl (C=O) groups excluding carboxylic acids is 1. The summed E-state index contributed by atoms with van der Waals surface area (Å²) in [6.07, 6.45) is 6.48. The number of carbonyl (C=O) groups is 1. The van der Waals surface area contributed by atoms with Gasteiger partial charge in [-0.05, 0) is 24.7 Å². The van der Waals surface area contributed by atoms with Crippen molar-refractivity contribution in [3.8, 4) is 0 Å². The van der Waals surface area contributed by atoms with Crippen LogP contribution in [0.4, 0.5) is 0 Å². The summed E-state index contributed by atoms with van der Waals surface area (Å²) >= 11 is 0. The monoisotopic (exact) mass is 154 g/mol. The second-order valence-corrected chi connectivity index (χ2v) is 4.13. The molecule has 1 fully saturated rings. The predicted molar refractivity (Wildman–Crippen MR) is 46.5 cm³/mol. The zero-order valence-corrected chi connectivity index (χ0v) is 7.65. The Bertz CT molecular complexity index is 147. The van der Waals surface area contributed by atoms with E-state index in [4.69, 9.17) is 0 Å². The molecule has 0 bridgehead atoms. The van der Waals surface area contributed by atoms with Crippen LogP contribution in [0.15, 0.2) is 0 Å². The van der Waals surface area contributed by atoms with Crippen molar-refractivity contribution in [2.45, 2.75) is 52.4 Å². The third-order valence-electron chi connectivity index (χ3n) is 2.71. The fraction of sp³-hybridized carbons (Fsp3) is 0.900. The average Bonchev–Trinajstić information content (AvgIpc) is 1.86. The fourth-order valence-corrected chi connectivity index (χ4v) is 2.18. The fourth-order valence-electron chi connectivity index (χ4n) is 2.18. The number of ketones is 1. The van der Waals surface area contributed by atoms with Crippen LogP contribution >= 0.6 is 0 Å². The summed E-state index contributed by atoms with van der Waals surface area (Å²) in [4.78, 5) is 11.2. The Balaban J connectivity index is 2.48. The van der Waals surface area contributed by atoms with Gasteiger partial charge in [0.05, 0.1) is 0 Å². The van der Waals surface area contributed by atoms with E-state index in [1.54, 1.807) is 0 Å². The first-order valence-corrected chi connectivity index (χ1v) is 4.68. The quantitative estimate of drug-likeness (QED) is 0.597. The largest absolute Gasteiger partial charge is 0.300 e. The molecule has 0 aromatic heterocycles. The molecule has 11 heavy (non-hydrogen) atoms. The van der Waals surface area contributed by atoms with Gasteiger partial charge in [-0.2, -0.15) is 0 Å². The van der Waals surface area contributed by atoms with E-state index in [1.807, 2.05) is 0 Å². The zero-order chi connectivity index (χ0) is 8.32. The summed E-state index contributed by atoms with van der Waals surface area (Å²) in [5.41, 5.74) is 0.351. The molecular weight excluding hydrogens is 136 g/mol. The topological polar surface area (TPSA) is 17.1 Å². The van der Waals surface area contributed by atoms with Crippen molar-refractivity contribution in [2.75, 3.05) is 0 Å². The van der Waals surface area contributed by atoms with Gasteiger partial charge in [0.15, 0.2) is 0 Å². The van der Waals surface area contributed by atoms with Crippen LogP contribution in [-0.2, 0) is 4.79 Å². The Kier molecular flexibility index (Phi) is 2.69. The maximum atomic E-state index is 11.2. The van der Waals surface area contributed by atoms with Crippen molar-refractivity contribution in [1.82, 2.24) is 0 Å². The molecule has 1 heteroatoms. The van der Waals surface area contributed by atoms with Gasteiger partial charge in [-0.15, -0.1) is 0 Å². The van der Waals surface area contributed by atoms with Gasteiger partial charge in [0.25, 0.3) is 0 Å². The van der Waals surface area contributed by atoms with Gasteiger partial charge >= 0.3 is 0 Å². The van der Waals surface area contributed by atoms with Gasteiger partial charge in [-0.3, -0.25) is 4.79 Å². The van der Waals surface area contributed by atoms with E-state index >= 15 is 0 Å². The Morgan fingerprint density at radius 1 is 1.55 bits per heavy atom. The molecule has 1 saturated carbocycles. The lowest BCUT2D eigenvalue weighted by Crippen LogP contribution is -2.25. The van der Waals surface area contributed by atoms with Crippen LogP contribution in [0.3, 0.4) is 0 Å². The van der Waals surface area contributed by atoms with Crippen LogP contribution in [0.2, 0.25) is 0 Å². The molecule has 0 aromatic carbocycles. The summed E-state index contributed by atoms with van der Waals surface area (Å²) < 4.78 is 0. The van der Waals surface area contributed by atoms with Crippen molar-refractivity contribution >= 4 is 5.78 Å². The van der Waals surface area contributed by atoms with Gasteiger partial charge in [0.1, 0.15) is 5.78 Å². The first kappa shape index (κ1) is 8.76. The maximum Gasteiger partial charge on any atom is 0.133 e. The van der Waals surface area contributed by atoms with E-state index in [0.717, 1.165) is 19.3 Å². The zero-order valence-electron chi connectivity index (χ0n) is 7.65. The highest BCUT2D eigenvalue weighted by Crippen LogP contribution is 2.37. The summed E-state index contributed by atoms with van der Waals surface area (Å²) in [6, 6.07) is 0. The molecule has 0 heterocycles. The van der Waals surface area contributed by atoms with Crippen molar-refractivity contribution < 1.29 is 4.79 Å². The summed E-state index contributed by atoms with van der Waals surface area (Å²) in [6.45, 7) is 4.46. The van der Waals surface area contributed by atoms with Crippen LogP contribution in [0.5, 0.6) is 0 Å². The highest BCUT2D eigenvalue weighted by molar-refractivity contribution is 5.79. The molecule has 1 aliphatic rings. The SMILES string of the molecule is CCCC1(C)CCCC(=O)C1. The van der Waals surface area contributed by atoms with E-state index in [1.165, 1.54) is 19.3 Å². The molecule has 0 spiro atoms. The van der Waals surface area contributed by atoms with Crippen molar-refractivity contribution in [3.05, 3.63) is 0 Å². The van der Waals surface area contributed by atoms with Gasteiger partial charge in [-0.25, -0.2) is 0 Å². The minimum absolute atomic E-state index is 0.351. The van der Waals surface area contributed by atoms with Crippen LogP contribution < -0.4 is 0 Å². The first-order chi connectivity index (χ1) is 5.16. The minimum Gasteiger partial charge on any atom is -0.300 e. The van der Waals surface area contributed by atoms with E-state index in [9.17, 15) is 4.79 Å². The standard InChI is InChI=1S/C10H18O/c1-3-6-10(2)7-4-5-9(11)8-10/h3-8H2,1-2H3. The highest BCUT2D eigenvalue weighted by Gasteiger charge is 2.29. The maximum absolute atomic E-state index is 11.2. The molecule has 1 nitrogen and oxygen atoms in total. The third kappa shape index (κ3) is 2.32. The lowest BCUT2D eigenvalue weighted by atomic mass is 9.72. The second kappa shape index (κ2) is 3.38. The normalized spacial score (nSPS) is 32.4. The lowest BCUT2D eigenvalue weighted by molar-refractivity contribution is -0.123. The van der Waals surface area contributed by atoms with Crippen LogP contribution in [0, 0.1) is 5.41 Å². The van der Waals surface area contributed by atoms with Gasteiger partial charge < -0.3 is 0 Å². The number of hydrogen-bond acceptors (Lipinski definition) is 1. The lowest BCUT2D eigenvalue weighted by Gasteiger charge is -2.32. The van der Waals surface area contributed by atoms with Crippen molar-refractivity contribution in [3.63, 3.8) is 0 Å². The predicted octanol–water partition coefficient (Wildman–Crippen LogP) is 2.94. The van der Waals surface area contributed by atoms with Crippen LogP contribution in [-0.4, -0.2) is 5.78 Å². The molecule has 0 radical (unpaired) electrons. The Labute approximate surface area is 69.2 Å². The van der Waals surface area contributed by atoms with Crippen LogP contribution in [0.25, 0.3) is 0 Å². The molecular formula is C10H18O. The first-order valence-electron chi connectivity index (χ1n) is 4.68. The van der Waals surface area contributed by atoms with Crippen molar-refractivity contribution in [2.24, 2.45) is 5.41 Å². The summed E-state index contributed by atoms with van der Waals surface area (Å²) in [5, 5.41) is 0. The van der Waals surface area contributed by atoms with Crippen molar-refractivity contribution in [1.29, 1.82) is 0 Å². The van der Waals surface area contributed by atoms with Gasteiger partial charge in [0, 0.05) is 12.8 Å². The third-order valence-corrected chi connectivity index (χ3v) is 2.71. The molecule has 0 N–H and O–H groups in total. The molecule has 1 atom stereocenters. The van der Waals surface area contributed by atoms with Gasteiger partial charge in [0.2, 0.25) is 0 Å². The summed E-state index contributed by atoms with van der Waals surface area (Å²) in [5.74, 6) is 0.479. The molecule has 0 saturated heterocycles. The minimum atomic E-state index is 0.351. The Morgan fingerprint density at radius 2 is 2.27 bits per heavy atom. The molecule has 0 aliphatic heterocycles. The summed E-state index contributed by atoms with van der Waals surface area (Å²) in [7, 11) is 0. The second-order valence-electron chi connectivity index (χ2n) is 4.13. The Hall–Kier alpha value is -0.330. The average molecular weight is 154 g/mol. The van der Waals surface area contributed by atoms with E-state index in [2.05, 4.69) is 13.8 Å². The van der Waals surface area contributed by atoms with E-state index in [0.29, 0.717) is 11.2 Å². The number of hydrogen-bond donors (Lipinski definition) is 0. The number of rotatable bonds is 2. The van der Waals surface area contributed by atoms with Gasteiger partial charge in [-0.1, -0.05) is 20.3 Å². The van der Waals surface area contributed by atoms with E-state index in [-0.39, 0.29) is 0 Å².